The van der Waals surface area contributed by atoms with Gasteiger partial charge in [-0.1, -0.05) is 13.0 Å². The first-order valence-corrected chi connectivity index (χ1v) is 14.0. The molecule has 0 amide bonds. The molecule has 1 spiro atoms. The number of fused-ring (bicyclic) bond motifs is 2. The zero-order valence-corrected chi connectivity index (χ0v) is 22.7. The van der Waals surface area contributed by atoms with E-state index in [1.807, 2.05) is 6.92 Å². The molecule has 0 aromatic carbocycles. The normalized spacial score (nSPS) is 53.3. The fraction of sp³-hybridized carbons (Fsp3) is 0.759. The first kappa shape index (κ1) is 27.1. The van der Waals surface area contributed by atoms with Crippen molar-refractivity contribution in [3.8, 4) is 0 Å². The highest BCUT2D eigenvalue weighted by atomic mass is 16.6. The molecule has 10 heteroatoms. The summed E-state index contributed by atoms with van der Waals surface area (Å²) in [4.78, 5) is 38.9. The Morgan fingerprint density at radius 3 is 2.59 bits per heavy atom. The molecule has 7 aliphatic rings. The van der Waals surface area contributed by atoms with Crippen LogP contribution in [0.15, 0.2) is 23.8 Å². The van der Waals surface area contributed by atoms with Crippen LogP contribution in [0.1, 0.15) is 65.7 Å². The lowest BCUT2D eigenvalue weighted by molar-refractivity contribution is -0.377. The predicted octanol–water partition coefficient (Wildman–Crippen LogP) is 1.29. The van der Waals surface area contributed by atoms with Crippen molar-refractivity contribution in [3.05, 3.63) is 23.8 Å². The maximum absolute atomic E-state index is 13.2. The lowest BCUT2D eigenvalue weighted by atomic mass is 9.40. The lowest BCUT2D eigenvalue weighted by Gasteiger charge is -2.71. The number of cyclic esters (lactones) is 1. The minimum absolute atomic E-state index is 0.114. The van der Waals surface area contributed by atoms with Gasteiger partial charge in [0.05, 0.1) is 24.4 Å². The Labute approximate surface area is 227 Å². The van der Waals surface area contributed by atoms with Gasteiger partial charge in [0.2, 0.25) is 0 Å². The standard InChI is InChI=1S/C29H38O10/c1-16(30)28-8-5-4-6-21(31)38-19-13-20-29(35)14-18-24(39-20)27(26(19,29)3,10-9-25(18,2)34)15-36-22(32)12-17(23(28)33)7-11-37-28/h4,6,12,18-20,23-24,33-35H,5,7-11,13-15H2,1-3H3/b6-4-,17-12-/t18-,19+,20+,23+,24?,25-,26?,27+,28+,29?/m0/s1. The third-order valence-electron chi connectivity index (χ3n) is 11.3. The Morgan fingerprint density at radius 2 is 1.85 bits per heavy atom. The zero-order chi connectivity index (χ0) is 28.0. The third kappa shape index (κ3) is 3.48. The molecule has 3 aliphatic carbocycles. The van der Waals surface area contributed by atoms with E-state index >= 15 is 0 Å². The number of aliphatic hydroxyl groups is 3. The number of ether oxygens (including phenoxy) is 4. The number of allylic oxidation sites excluding steroid dienone is 1. The summed E-state index contributed by atoms with van der Waals surface area (Å²) in [5, 5.41) is 34.6. The van der Waals surface area contributed by atoms with Gasteiger partial charge >= 0.3 is 11.9 Å². The van der Waals surface area contributed by atoms with Crippen molar-refractivity contribution in [3.63, 3.8) is 0 Å². The summed E-state index contributed by atoms with van der Waals surface area (Å²) in [7, 11) is 0. The van der Waals surface area contributed by atoms with Crippen LogP contribution >= 0.6 is 0 Å². The molecule has 6 fully saturated rings. The van der Waals surface area contributed by atoms with Gasteiger partial charge in [0.25, 0.3) is 0 Å². The molecule has 10 atom stereocenters. The molecule has 10 nitrogen and oxygen atoms in total. The van der Waals surface area contributed by atoms with Crippen LogP contribution in [0, 0.1) is 16.7 Å². The van der Waals surface area contributed by atoms with Crippen LogP contribution in [0.3, 0.4) is 0 Å². The highest BCUT2D eigenvalue weighted by Crippen LogP contribution is 2.74. The number of Topliss-reactive ketones (excluding diaryl/α,β-unsaturated/α-hetero) is 1. The number of aliphatic hydroxyl groups excluding tert-OH is 1. The average molecular weight is 547 g/mol. The Bertz CT molecular complexity index is 1160. The Kier molecular flexibility index (Phi) is 6.04. The maximum Gasteiger partial charge on any atom is 0.330 e. The summed E-state index contributed by atoms with van der Waals surface area (Å²) in [5.41, 5.74) is -5.55. The summed E-state index contributed by atoms with van der Waals surface area (Å²) >= 11 is 0. The molecular weight excluding hydrogens is 508 g/mol. The summed E-state index contributed by atoms with van der Waals surface area (Å²) in [6.07, 6.45) is 3.04. The van der Waals surface area contributed by atoms with Gasteiger partial charge in [-0.15, -0.1) is 0 Å². The van der Waals surface area contributed by atoms with E-state index in [1.165, 1.54) is 19.1 Å². The van der Waals surface area contributed by atoms with E-state index in [-0.39, 0.29) is 44.2 Å². The van der Waals surface area contributed by atoms with Crippen LogP contribution in [0.25, 0.3) is 0 Å². The van der Waals surface area contributed by atoms with E-state index in [0.717, 1.165) is 0 Å². The second-order valence-electron chi connectivity index (χ2n) is 12.9. The molecule has 7 rings (SSSR count). The van der Waals surface area contributed by atoms with E-state index in [0.29, 0.717) is 31.3 Å². The number of esters is 2. The van der Waals surface area contributed by atoms with Crippen LogP contribution in [0.2, 0.25) is 0 Å². The molecule has 4 aliphatic heterocycles. The average Bonchev–Trinajstić information content (AvgIpc) is 3.02. The fourth-order valence-electron chi connectivity index (χ4n) is 8.85. The minimum Gasteiger partial charge on any atom is -0.462 e. The molecule has 3 saturated carbocycles. The van der Waals surface area contributed by atoms with Crippen LogP contribution in [-0.2, 0) is 33.3 Å². The number of ketones is 1. The van der Waals surface area contributed by atoms with Crippen LogP contribution in [0.4, 0.5) is 0 Å². The molecule has 0 radical (unpaired) electrons. The van der Waals surface area contributed by atoms with Gasteiger partial charge in [-0.05, 0) is 57.9 Å². The van der Waals surface area contributed by atoms with Crippen molar-refractivity contribution in [2.75, 3.05) is 13.2 Å². The third-order valence-corrected chi connectivity index (χ3v) is 11.3. The van der Waals surface area contributed by atoms with Crippen LogP contribution in [0.5, 0.6) is 0 Å². The first-order valence-electron chi connectivity index (χ1n) is 14.0. The van der Waals surface area contributed by atoms with Gasteiger partial charge < -0.3 is 34.3 Å². The molecule has 39 heavy (non-hydrogen) atoms. The van der Waals surface area contributed by atoms with E-state index in [2.05, 4.69) is 0 Å². The number of rotatable bonds is 1. The molecule has 0 aromatic rings. The van der Waals surface area contributed by atoms with E-state index in [4.69, 9.17) is 18.9 Å². The number of hydrogen-bond donors (Lipinski definition) is 3. The predicted molar refractivity (Wildman–Crippen MR) is 134 cm³/mol. The molecule has 8 bridgehead atoms. The second-order valence-corrected chi connectivity index (χ2v) is 12.9. The van der Waals surface area contributed by atoms with Crippen LogP contribution in [-0.4, -0.2) is 87.5 Å². The lowest BCUT2D eigenvalue weighted by Crippen LogP contribution is -2.80. The molecule has 3 saturated heterocycles. The van der Waals surface area contributed by atoms with E-state index in [9.17, 15) is 29.7 Å². The SMILES string of the molecule is CC(=O)[C@@]12CC/C=C\C(=O)O[C@@H]3C[C@H]4OC5[C@@H]6CC4(O)C3(C)[C@]5(CC[C@]6(C)O)COC(=O)/C=C(/CCO1)[C@H]2O. The van der Waals surface area contributed by atoms with Crippen molar-refractivity contribution in [2.24, 2.45) is 16.7 Å². The molecule has 4 heterocycles. The van der Waals surface area contributed by atoms with Gasteiger partial charge in [0.1, 0.15) is 24.4 Å². The van der Waals surface area contributed by atoms with Gasteiger partial charge in [0.15, 0.2) is 11.4 Å². The molecule has 3 N–H and O–H groups in total. The van der Waals surface area contributed by atoms with Crippen molar-refractivity contribution >= 4 is 17.7 Å². The van der Waals surface area contributed by atoms with Gasteiger partial charge in [-0.3, -0.25) is 4.79 Å². The van der Waals surface area contributed by atoms with Gasteiger partial charge in [0, 0.05) is 35.3 Å². The highest BCUT2D eigenvalue weighted by molar-refractivity contribution is 5.88. The largest absolute Gasteiger partial charge is 0.462 e. The Hall–Kier alpha value is -2.11. The smallest absolute Gasteiger partial charge is 0.330 e. The summed E-state index contributed by atoms with van der Waals surface area (Å²) in [5.74, 6) is -2.02. The van der Waals surface area contributed by atoms with Gasteiger partial charge in [-0.2, -0.15) is 0 Å². The maximum atomic E-state index is 13.2. The monoisotopic (exact) mass is 546 g/mol. The number of carbonyl (C=O) groups is 3. The molecular formula is C29H38O10. The molecule has 3 unspecified atom stereocenters. The Morgan fingerprint density at radius 1 is 1.08 bits per heavy atom. The first-order chi connectivity index (χ1) is 18.3. The minimum atomic E-state index is -1.53. The summed E-state index contributed by atoms with van der Waals surface area (Å²) < 4.78 is 24.1. The topological polar surface area (TPSA) is 149 Å². The zero-order valence-electron chi connectivity index (χ0n) is 22.7. The van der Waals surface area contributed by atoms with Crippen molar-refractivity contribution < 1.29 is 48.7 Å². The summed E-state index contributed by atoms with van der Waals surface area (Å²) in [6.45, 7) is 5.02. The van der Waals surface area contributed by atoms with Crippen molar-refractivity contribution in [1.82, 2.24) is 0 Å². The van der Waals surface area contributed by atoms with E-state index < -0.39 is 64.0 Å². The molecule has 214 valence electrons. The summed E-state index contributed by atoms with van der Waals surface area (Å²) in [6, 6.07) is 0. The van der Waals surface area contributed by atoms with E-state index in [1.54, 1.807) is 13.0 Å². The Balaban J connectivity index is 1.42. The molecule has 0 aromatic heterocycles. The van der Waals surface area contributed by atoms with Crippen molar-refractivity contribution in [2.45, 2.75) is 107 Å². The number of hydrogen-bond acceptors (Lipinski definition) is 10. The van der Waals surface area contributed by atoms with Gasteiger partial charge in [-0.25, -0.2) is 9.59 Å². The second kappa shape index (κ2) is 8.69. The fourth-order valence-corrected chi connectivity index (χ4v) is 8.85. The number of carbonyl (C=O) groups excluding carboxylic acids is 3. The quantitative estimate of drug-likeness (QED) is 0.411. The van der Waals surface area contributed by atoms with Crippen molar-refractivity contribution in [1.29, 1.82) is 0 Å². The highest BCUT2D eigenvalue weighted by Gasteiger charge is 2.83. The van der Waals surface area contributed by atoms with Crippen LogP contribution < -0.4 is 0 Å².